The van der Waals surface area contributed by atoms with Crippen LogP contribution in [0.25, 0.3) is 0 Å². The van der Waals surface area contributed by atoms with Crippen molar-refractivity contribution in [2.24, 2.45) is 0 Å². The average molecular weight is 492 g/mol. The van der Waals surface area contributed by atoms with E-state index in [1.165, 1.54) is 17.4 Å². The van der Waals surface area contributed by atoms with Crippen molar-refractivity contribution in [2.75, 3.05) is 6.79 Å². The molecule has 0 bridgehead atoms. The number of carbonyl (C=O) groups is 1. The first-order valence-corrected chi connectivity index (χ1v) is 11.6. The van der Waals surface area contributed by atoms with Gasteiger partial charge in [-0.2, -0.15) is 13.2 Å². The number of aromatic nitrogens is 1. The highest BCUT2D eigenvalue weighted by molar-refractivity contribution is 7.09. The molecule has 4 rings (SSSR count). The Morgan fingerprint density at radius 3 is 2.56 bits per heavy atom. The van der Waals surface area contributed by atoms with Crippen molar-refractivity contribution < 1.29 is 27.4 Å². The molecule has 0 saturated heterocycles. The van der Waals surface area contributed by atoms with Crippen molar-refractivity contribution in [2.45, 2.75) is 45.7 Å². The van der Waals surface area contributed by atoms with Gasteiger partial charge in [0.2, 0.25) is 6.79 Å². The van der Waals surface area contributed by atoms with Gasteiger partial charge in [-0.1, -0.05) is 24.3 Å². The number of benzene rings is 2. The van der Waals surface area contributed by atoms with Crippen molar-refractivity contribution in [3.63, 3.8) is 0 Å². The van der Waals surface area contributed by atoms with Gasteiger partial charge < -0.3 is 14.8 Å². The number of carbonyl (C=O) groups excluding carboxylic acids is 1. The van der Waals surface area contributed by atoms with Gasteiger partial charge in [-0.25, -0.2) is 4.98 Å². The van der Waals surface area contributed by atoms with Crippen LogP contribution in [0.1, 0.15) is 46.0 Å². The van der Waals surface area contributed by atoms with E-state index < -0.39 is 11.7 Å². The Hall–Kier alpha value is -3.11. The number of nitrogens with zero attached hydrogens (tertiary/aromatic N) is 2. The van der Waals surface area contributed by atoms with Crippen LogP contribution in [0.2, 0.25) is 0 Å². The summed E-state index contributed by atoms with van der Waals surface area (Å²) in [5.74, 6) is 1.05. The summed E-state index contributed by atoms with van der Waals surface area (Å²) in [5, 5.41) is 5.20. The number of hydrogen-bond acceptors (Lipinski definition) is 6. The topological polar surface area (TPSA) is 63.7 Å². The zero-order valence-corrected chi connectivity index (χ0v) is 19.5. The number of halogens is 3. The second kappa shape index (κ2) is 10.0. The summed E-state index contributed by atoms with van der Waals surface area (Å²) in [7, 11) is 0. The average Bonchev–Trinajstić information content (AvgIpc) is 3.42. The van der Waals surface area contributed by atoms with E-state index in [4.69, 9.17) is 9.47 Å². The molecule has 10 heteroatoms. The maximum absolute atomic E-state index is 13.2. The van der Waals surface area contributed by atoms with Gasteiger partial charge >= 0.3 is 6.18 Å². The van der Waals surface area contributed by atoms with Gasteiger partial charge in [0.15, 0.2) is 11.5 Å². The quantitative estimate of drug-likeness (QED) is 0.468. The van der Waals surface area contributed by atoms with Gasteiger partial charge in [0.25, 0.3) is 5.91 Å². The monoisotopic (exact) mass is 491 g/mol. The van der Waals surface area contributed by atoms with Crippen LogP contribution < -0.4 is 14.8 Å². The fourth-order valence-electron chi connectivity index (χ4n) is 3.58. The maximum atomic E-state index is 13.2. The number of ether oxygens (including phenoxy) is 2. The molecule has 6 nitrogen and oxygen atoms in total. The van der Waals surface area contributed by atoms with Gasteiger partial charge in [0, 0.05) is 24.5 Å². The zero-order chi connectivity index (χ0) is 24.3. The number of amides is 1. The molecule has 3 aromatic rings. The van der Waals surface area contributed by atoms with Crippen molar-refractivity contribution in [3.8, 4) is 11.5 Å². The highest BCUT2D eigenvalue weighted by Crippen LogP contribution is 2.33. The number of fused-ring (bicyclic) bond motifs is 1. The van der Waals surface area contributed by atoms with Crippen LogP contribution in [-0.4, -0.2) is 28.6 Å². The Balaban J connectivity index is 1.55. The third-order valence-electron chi connectivity index (χ3n) is 5.07. The molecule has 0 fully saturated rings. The van der Waals surface area contributed by atoms with E-state index in [2.05, 4.69) is 10.3 Å². The van der Waals surface area contributed by atoms with Crippen molar-refractivity contribution >= 4 is 17.2 Å². The smallest absolute Gasteiger partial charge is 0.416 e. The molecule has 1 aliphatic heterocycles. The molecule has 0 aliphatic carbocycles. The minimum Gasteiger partial charge on any atom is -0.454 e. The number of rotatable bonds is 8. The molecule has 1 amide bonds. The standard InChI is InChI=1S/C24H24F3N3O3S/c1-15(2)28-23(31)19-13-34-22(29-19)12-30(10-16-4-3-5-18(8-16)24(25,26)27)11-17-6-7-20-21(9-17)33-14-32-20/h3-9,13,15H,10-12,14H2,1-2H3,(H,28,31). The lowest BCUT2D eigenvalue weighted by Gasteiger charge is -2.22. The Kier molecular flexibility index (Phi) is 7.08. The van der Waals surface area contributed by atoms with Gasteiger partial charge in [-0.3, -0.25) is 9.69 Å². The van der Waals surface area contributed by atoms with E-state index in [0.717, 1.165) is 17.7 Å². The summed E-state index contributed by atoms with van der Waals surface area (Å²) in [6.45, 7) is 4.98. The fourth-order valence-corrected chi connectivity index (χ4v) is 4.40. The van der Waals surface area contributed by atoms with E-state index in [0.29, 0.717) is 40.9 Å². The van der Waals surface area contributed by atoms with Crippen LogP contribution in [0.3, 0.4) is 0 Å². The van der Waals surface area contributed by atoms with Crippen molar-refractivity contribution in [1.82, 2.24) is 15.2 Å². The Morgan fingerprint density at radius 1 is 1.09 bits per heavy atom. The Labute approximate surface area is 199 Å². The first kappa shape index (κ1) is 24.0. The van der Waals surface area contributed by atoms with Crippen LogP contribution >= 0.6 is 11.3 Å². The molecule has 1 aliphatic rings. The molecular formula is C24H24F3N3O3S. The summed E-state index contributed by atoms with van der Waals surface area (Å²) < 4.78 is 50.4. The predicted molar refractivity (Wildman–Crippen MR) is 122 cm³/mol. The lowest BCUT2D eigenvalue weighted by atomic mass is 10.1. The maximum Gasteiger partial charge on any atom is 0.416 e. The van der Waals surface area contributed by atoms with Crippen LogP contribution in [0.4, 0.5) is 13.2 Å². The van der Waals surface area contributed by atoms with Crippen molar-refractivity contribution in [1.29, 1.82) is 0 Å². The third-order valence-corrected chi connectivity index (χ3v) is 5.90. The third kappa shape index (κ3) is 6.06. The normalized spacial score (nSPS) is 13.0. The molecule has 2 heterocycles. The van der Waals surface area contributed by atoms with Crippen LogP contribution in [0.15, 0.2) is 47.8 Å². The van der Waals surface area contributed by atoms with Gasteiger partial charge in [0.1, 0.15) is 10.7 Å². The van der Waals surface area contributed by atoms with Crippen LogP contribution in [0.5, 0.6) is 11.5 Å². The van der Waals surface area contributed by atoms with Gasteiger partial charge in [-0.15, -0.1) is 11.3 Å². The van der Waals surface area contributed by atoms with Gasteiger partial charge in [-0.05, 0) is 43.2 Å². The summed E-state index contributed by atoms with van der Waals surface area (Å²) in [4.78, 5) is 18.7. The van der Waals surface area contributed by atoms with E-state index >= 15 is 0 Å². The first-order chi connectivity index (χ1) is 16.2. The second-order valence-electron chi connectivity index (χ2n) is 8.29. The molecule has 1 N–H and O–H groups in total. The van der Waals surface area contributed by atoms with Crippen LogP contribution in [0, 0.1) is 0 Å². The first-order valence-electron chi connectivity index (χ1n) is 10.7. The molecule has 1 aromatic heterocycles. The van der Waals surface area contributed by atoms with Crippen LogP contribution in [-0.2, 0) is 25.8 Å². The Morgan fingerprint density at radius 2 is 1.82 bits per heavy atom. The highest BCUT2D eigenvalue weighted by Gasteiger charge is 2.30. The SMILES string of the molecule is CC(C)NC(=O)c1csc(CN(Cc2cccc(C(F)(F)F)c2)Cc2ccc3c(c2)OCO3)n1. The largest absolute Gasteiger partial charge is 0.454 e. The summed E-state index contributed by atoms with van der Waals surface area (Å²) in [6.07, 6.45) is -4.41. The predicted octanol–water partition coefficient (Wildman–Crippen LogP) is 5.23. The van der Waals surface area contributed by atoms with E-state index in [1.54, 1.807) is 11.4 Å². The second-order valence-corrected chi connectivity index (χ2v) is 9.23. The Bertz CT molecular complexity index is 1160. The molecule has 0 unspecified atom stereocenters. The minimum atomic E-state index is -4.41. The summed E-state index contributed by atoms with van der Waals surface area (Å²) in [5.41, 5.74) is 1.10. The lowest BCUT2D eigenvalue weighted by molar-refractivity contribution is -0.137. The highest BCUT2D eigenvalue weighted by atomic mass is 32.1. The number of nitrogens with one attached hydrogen (secondary N) is 1. The number of thiazole rings is 1. The van der Waals surface area contributed by atoms with Gasteiger partial charge in [0.05, 0.1) is 12.1 Å². The molecule has 0 radical (unpaired) electrons. The lowest BCUT2D eigenvalue weighted by Crippen LogP contribution is -2.30. The van der Waals surface area contributed by atoms with Crippen molar-refractivity contribution in [3.05, 3.63) is 75.2 Å². The molecule has 2 aromatic carbocycles. The number of alkyl halides is 3. The minimum absolute atomic E-state index is 0.0129. The summed E-state index contributed by atoms with van der Waals surface area (Å²) >= 11 is 1.34. The number of hydrogen-bond donors (Lipinski definition) is 1. The molecule has 34 heavy (non-hydrogen) atoms. The van der Waals surface area contributed by atoms with E-state index in [-0.39, 0.29) is 25.3 Å². The molecule has 180 valence electrons. The molecule has 0 spiro atoms. The van der Waals surface area contributed by atoms with E-state index in [1.807, 2.05) is 36.9 Å². The van der Waals surface area contributed by atoms with E-state index in [9.17, 15) is 18.0 Å². The summed E-state index contributed by atoms with van der Waals surface area (Å²) in [6, 6.07) is 10.9. The molecule has 0 atom stereocenters. The zero-order valence-electron chi connectivity index (χ0n) is 18.7. The molecule has 0 saturated carbocycles. The molecular weight excluding hydrogens is 467 g/mol. The fraction of sp³-hybridized carbons (Fsp3) is 0.333.